The maximum Gasteiger partial charge on any atom is 0.251 e. The van der Waals surface area contributed by atoms with Gasteiger partial charge in [-0.1, -0.05) is 31.5 Å². The second-order valence-corrected chi connectivity index (χ2v) is 6.82. The van der Waals surface area contributed by atoms with Gasteiger partial charge in [0.05, 0.1) is 19.8 Å². The molecule has 0 bridgehead atoms. The number of ether oxygens (including phenoxy) is 1. The lowest BCUT2D eigenvalue weighted by Crippen LogP contribution is -2.52. The molecule has 0 saturated carbocycles. The topological polar surface area (TPSA) is 70.7 Å². The van der Waals surface area contributed by atoms with Crippen LogP contribution >= 0.6 is 0 Å². The van der Waals surface area contributed by atoms with Crippen molar-refractivity contribution in [2.75, 3.05) is 39.4 Å². The van der Waals surface area contributed by atoms with E-state index < -0.39 is 0 Å². The van der Waals surface area contributed by atoms with Gasteiger partial charge in [0.2, 0.25) is 5.91 Å². The number of nitrogens with zero attached hydrogens (tertiary/aromatic N) is 1. The van der Waals surface area contributed by atoms with Gasteiger partial charge in [-0.05, 0) is 25.0 Å². The number of carbonyl (C=O) groups excluding carboxylic acids is 2. The zero-order chi connectivity index (χ0) is 18.2. The SMILES string of the molecule is Cc1cccc(C(=O)NCC(=O)NCC(C(C)C)N2CCOCC2)c1. The first-order valence-electron chi connectivity index (χ1n) is 8.90. The molecule has 0 spiro atoms. The monoisotopic (exact) mass is 347 g/mol. The van der Waals surface area contributed by atoms with Crippen molar-refractivity contribution in [3.05, 3.63) is 35.4 Å². The molecule has 1 fully saturated rings. The van der Waals surface area contributed by atoms with Crippen molar-refractivity contribution < 1.29 is 14.3 Å². The van der Waals surface area contributed by atoms with E-state index in [2.05, 4.69) is 29.4 Å². The highest BCUT2D eigenvalue weighted by Gasteiger charge is 2.24. The van der Waals surface area contributed by atoms with Crippen molar-refractivity contribution >= 4 is 11.8 Å². The van der Waals surface area contributed by atoms with E-state index >= 15 is 0 Å². The van der Waals surface area contributed by atoms with Crippen molar-refractivity contribution in [2.24, 2.45) is 5.92 Å². The molecular weight excluding hydrogens is 318 g/mol. The number of rotatable bonds is 7. The molecule has 1 aromatic rings. The maximum absolute atomic E-state index is 12.1. The largest absolute Gasteiger partial charge is 0.379 e. The van der Waals surface area contributed by atoms with Crippen LogP contribution in [0, 0.1) is 12.8 Å². The number of carbonyl (C=O) groups is 2. The molecule has 2 amide bonds. The van der Waals surface area contributed by atoms with Crippen LogP contribution in [0.25, 0.3) is 0 Å². The molecule has 1 heterocycles. The molecule has 6 nitrogen and oxygen atoms in total. The Morgan fingerprint density at radius 2 is 1.92 bits per heavy atom. The van der Waals surface area contributed by atoms with Gasteiger partial charge in [0.1, 0.15) is 0 Å². The van der Waals surface area contributed by atoms with E-state index in [0.29, 0.717) is 18.0 Å². The third-order valence-corrected chi connectivity index (χ3v) is 4.48. The fraction of sp³-hybridized carbons (Fsp3) is 0.579. The Labute approximate surface area is 149 Å². The molecule has 1 aromatic carbocycles. The summed E-state index contributed by atoms with van der Waals surface area (Å²) in [7, 11) is 0. The first kappa shape index (κ1) is 19.4. The minimum Gasteiger partial charge on any atom is -0.379 e. The van der Waals surface area contributed by atoms with Gasteiger partial charge in [0.15, 0.2) is 0 Å². The summed E-state index contributed by atoms with van der Waals surface area (Å²) in [6, 6.07) is 7.59. The Morgan fingerprint density at radius 1 is 1.20 bits per heavy atom. The number of benzene rings is 1. The standard InChI is InChI=1S/C19H29N3O3/c1-14(2)17(22-7-9-25-10-8-22)12-20-18(23)13-21-19(24)16-6-4-5-15(3)11-16/h4-6,11,14,17H,7-10,12-13H2,1-3H3,(H,20,23)(H,21,24). The quantitative estimate of drug-likeness (QED) is 0.777. The Morgan fingerprint density at radius 3 is 2.56 bits per heavy atom. The minimum absolute atomic E-state index is 0.0132. The summed E-state index contributed by atoms with van der Waals surface area (Å²) in [4.78, 5) is 26.5. The van der Waals surface area contributed by atoms with Gasteiger partial charge in [-0.15, -0.1) is 0 Å². The third-order valence-electron chi connectivity index (χ3n) is 4.48. The molecule has 1 aliphatic heterocycles. The lowest BCUT2D eigenvalue weighted by atomic mass is 10.0. The fourth-order valence-electron chi connectivity index (χ4n) is 3.03. The Hall–Kier alpha value is -1.92. The molecule has 1 saturated heterocycles. The molecule has 1 unspecified atom stereocenters. The van der Waals surface area contributed by atoms with Gasteiger partial charge in [-0.2, -0.15) is 0 Å². The summed E-state index contributed by atoms with van der Waals surface area (Å²) in [6.07, 6.45) is 0. The van der Waals surface area contributed by atoms with Crippen LogP contribution < -0.4 is 10.6 Å². The van der Waals surface area contributed by atoms with E-state index in [0.717, 1.165) is 31.9 Å². The number of morpholine rings is 1. The smallest absolute Gasteiger partial charge is 0.251 e. The third kappa shape index (κ3) is 6.14. The average Bonchev–Trinajstić information content (AvgIpc) is 2.60. The van der Waals surface area contributed by atoms with Crippen LogP contribution in [0.15, 0.2) is 24.3 Å². The highest BCUT2D eigenvalue weighted by Crippen LogP contribution is 2.12. The molecule has 0 aliphatic carbocycles. The van der Waals surface area contributed by atoms with E-state index in [1.807, 2.05) is 19.1 Å². The van der Waals surface area contributed by atoms with Crippen LogP contribution in [0.2, 0.25) is 0 Å². The van der Waals surface area contributed by atoms with Crippen LogP contribution in [0.4, 0.5) is 0 Å². The van der Waals surface area contributed by atoms with Gasteiger partial charge in [0, 0.05) is 31.2 Å². The summed E-state index contributed by atoms with van der Waals surface area (Å²) < 4.78 is 5.39. The van der Waals surface area contributed by atoms with E-state index in [-0.39, 0.29) is 24.4 Å². The summed E-state index contributed by atoms with van der Waals surface area (Å²) in [5, 5.41) is 5.62. The molecule has 25 heavy (non-hydrogen) atoms. The number of hydrogen-bond acceptors (Lipinski definition) is 4. The highest BCUT2D eigenvalue weighted by atomic mass is 16.5. The summed E-state index contributed by atoms with van der Waals surface area (Å²) in [6.45, 7) is 10.1. The summed E-state index contributed by atoms with van der Waals surface area (Å²) in [5.41, 5.74) is 1.59. The van der Waals surface area contributed by atoms with Crippen LogP contribution in [0.1, 0.15) is 29.8 Å². The van der Waals surface area contributed by atoms with E-state index in [1.54, 1.807) is 12.1 Å². The van der Waals surface area contributed by atoms with Crippen molar-refractivity contribution in [1.82, 2.24) is 15.5 Å². The second kappa shape index (κ2) is 9.53. The van der Waals surface area contributed by atoms with Crippen LogP contribution in [-0.4, -0.2) is 62.1 Å². The number of aryl methyl sites for hydroxylation is 1. The molecule has 138 valence electrons. The van der Waals surface area contributed by atoms with E-state index in [9.17, 15) is 9.59 Å². The molecule has 2 rings (SSSR count). The van der Waals surface area contributed by atoms with Crippen molar-refractivity contribution in [1.29, 1.82) is 0 Å². The average molecular weight is 347 g/mol. The first-order chi connectivity index (χ1) is 12.0. The van der Waals surface area contributed by atoms with E-state index in [4.69, 9.17) is 4.74 Å². The van der Waals surface area contributed by atoms with Crippen LogP contribution in [-0.2, 0) is 9.53 Å². The van der Waals surface area contributed by atoms with Crippen LogP contribution in [0.5, 0.6) is 0 Å². The van der Waals surface area contributed by atoms with Gasteiger partial charge in [-0.3, -0.25) is 14.5 Å². The lowest BCUT2D eigenvalue weighted by Gasteiger charge is -2.36. The Bertz CT molecular complexity index is 583. The predicted molar refractivity (Wildman–Crippen MR) is 97.5 cm³/mol. The fourth-order valence-corrected chi connectivity index (χ4v) is 3.03. The molecule has 1 atom stereocenters. The molecule has 0 radical (unpaired) electrons. The molecular formula is C19H29N3O3. The number of nitrogens with one attached hydrogen (secondary N) is 2. The van der Waals surface area contributed by atoms with Gasteiger partial charge < -0.3 is 15.4 Å². The number of amides is 2. The molecule has 0 aromatic heterocycles. The Kier molecular flexibility index (Phi) is 7.40. The zero-order valence-corrected chi connectivity index (χ0v) is 15.4. The normalized spacial score (nSPS) is 16.5. The number of hydrogen-bond donors (Lipinski definition) is 2. The second-order valence-electron chi connectivity index (χ2n) is 6.82. The molecule has 6 heteroatoms. The van der Waals surface area contributed by atoms with Crippen molar-refractivity contribution in [2.45, 2.75) is 26.8 Å². The van der Waals surface area contributed by atoms with Gasteiger partial charge in [-0.25, -0.2) is 0 Å². The summed E-state index contributed by atoms with van der Waals surface area (Å²) >= 11 is 0. The van der Waals surface area contributed by atoms with Crippen LogP contribution in [0.3, 0.4) is 0 Å². The van der Waals surface area contributed by atoms with Crippen molar-refractivity contribution in [3.63, 3.8) is 0 Å². The zero-order valence-electron chi connectivity index (χ0n) is 15.4. The molecule has 1 aliphatic rings. The predicted octanol–water partition coefficient (Wildman–Crippen LogP) is 1.20. The summed E-state index contributed by atoms with van der Waals surface area (Å²) in [5.74, 6) is 0.0348. The Balaban J connectivity index is 1.77. The molecule has 2 N–H and O–H groups in total. The minimum atomic E-state index is -0.229. The van der Waals surface area contributed by atoms with Gasteiger partial charge >= 0.3 is 0 Å². The van der Waals surface area contributed by atoms with Crippen molar-refractivity contribution in [3.8, 4) is 0 Å². The first-order valence-corrected chi connectivity index (χ1v) is 8.90. The van der Waals surface area contributed by atoms with E-state index in [1.165, 1.54) is 0 Å². The highest BCUT2D eigenvalue weighted by molar-refractivity contribution is 5.96. The van der Waals surface area contributed by atoms with Gasteiger partial charge in [0.25, 0.3) is 5.91 Å². The maximum atomic E-state index is 12.1. The lowest BCUT2D eigenvalue weighted by molar-refractivity contribution is -0.120.